The Morgan fingerprint density at radius 1 is 1.14 bits per heavy atom. The molecule has 2 saturated carbocycles. The fraction of sp³-hybridized carbons (Fsp3) is 0.636. The molecule has 1 aliphatic heterocycles. The summed E-state index contributed by atoms with van der Waals surface area (Å²) >= 11 is 0. The average molecular weight is 390 g/mol. The van der Waals surface area contributed by atoms with Gasteiger partial charge in [0.25, 0.3) is 0 Å². The molecule has 4 rings (SSSR count). The normalized spacial score (nSPS) is 36.9. The van der Waals surface area contributed by atoms with Crippen LogP contribution in [-0.2, 0) is 25.6 Å². The lowest BCUT2D eigenvalue weighted by Gasteiger charge is -2.50. The Balaban J connectivity index is 1.58. The van der Waals surface area contributed by atoms with Gasteiger partial charge in [0.2, 0.25) is 0 Å². The van der Waals surface area contributed by atoms with Crippen molar-refractivity contribution in [3.8, 4) is 0 Å². The molecule has 1 heterocycles. The smallest absolute Gasteiger partial charge is 0.169 e. The third-order valence-corrected chi connectivity index (χ3v) is 6.21. The van der Waals surface area contributed by atoms with Gasteiger partial charge < -0.3 is 29.2 Å². The van der Waals surface area contributed by atoms with Crippen LogP contribution in [0.2, 0.25) is 0 Å². The second-order valence-electron chi connectivity index (χ2n) is 8.05. The Morgan fingerprint density at radius 2 is 1.89 bits per heavy atom. The van der Waals surface area contributed by atoms with Crippen molar-refractivity contribution in [1.29, 1.82) is 0 Å². The molecule has 0 bridgehead atoms. The molecule has 1 saturated heterocycles. The van der Waals surface area contributed by atoms with Crippen LogP contribution in [0.25, 0.3) is 0 Å². The predicted octanol–water partition coefficient (Wildman–Crippen LogP) is 2.32. The van der Waals surface area contributed by atoms with Crippen LogP contribution >= 0.6 is 0 Å². The summed E-state index contributed by atoms with van der Waals surface area (Å²) in [5.41, 5.74) is -0.175. The van der Waals surface area contributed by atoms with Crippen LogP contribution in [0.15, 0.2) is 43.0 Å². The van der Waals surface area contributed by atoms with Gasteiger partial charge in [-0.25, -0.2) is 0 Å². The van der Waals surface area contributed by atoms with Crippen molar-refractivity contribution in [3.05, 3.63) is 48.6 Å². The van der Waals surface area contributed by atoms with Gasteiger partial charge in [0, 0.05) is 12.8 Å². The molecule has 2 aliphatic carbocycles. The molecule has 0 aromatic heterocycles. The van der Waals surface area contributed by atoms with Crippen molar-refractivity contribution in [3.63, 3.8) is 0 Å². The largest absolute Gasteiger partial charge is 0.387 e. The summed E-state index contributed by atoms with van der Waals surface area (Å²) in [5.74, 6) is -0.678. The molecule has 3 aliphatic rings. The number of fused-ring (bicyclic) bond motifs is 1. The molecule has 1 aromatic rings. The van der Waals surface area contributed by atoms with E-state index in [1.165, 1.54) is 0 Å². The maximum Gasteiger partial charge on any atom is 0.169 e. The Bertz CT molecular complexity index is 658. The van der Waals surface area contributed by atoms with Crippen LogP contribution < -0.4 is 0 Å². The van der Waals surface area contributed by atoms with Crippen LogP contribution in [-0.4, -0.2) is 59.2 Å². The zero-order chi connectivity index (χ0) is 19.6. The predicted molar refractivity (Wildman–Crippen MR) is 103 cm³/mol. The van der Waals surface area contributed by atoms with E-state index in [-0.39, 0.29) is 13.2 Å². The summed E-state index contributed by atoms with van der Waals surface area (Å²) in [6.07, 6.45) is 2.85. The highest BCUT2D eigenvalue weighted by Gasteiger charge is 2.67. The minimum Gasteiger partial charge on any atom is -0.387 e. The zero-order valence-corrected chi connectivity index (χ0v) is 16.2. The number of ether oxygens (including phenoxy) is 4. The Hall–Kier alpha value is -1.28. The van der Waals surface area contributed by atoms with E-state index in [4.69, 9.17) is 18.9 Å². The van der Waals surface area contributed by atoms with E-state index < -0.39 is 35.8 Å². The third kappa shape index (κ3) is 3.54. The molecule has 28 heavy (non-hydrogen) atoms. The first-order chi connectivity index (χ1) is 13.6. The first-order valence-electron chi connectivity index (χ1n) is 10.2. The fourth-order valence-electron chi connectivity index (χ4n) is 4.67. The second kappa shape index (κ2) is 8.22. The summed E-state index contributed by atoms with van der Waals surface area (Å²) in [4.78, 5) is 0. The van der Waals surface area contributed by atoms with Gasteiger partial charge in [-0.2, -0.15) is 0 Å². The molecule has 6 heteroatoms. The molecule has 1 spiro atoms. The van der Waals surface area contributed by atoms with Gasteiger partial charge in [-0.05, 0) is 18.4 Å². The van der Waals surface area contributed by atoms with E-state index in [1.807, 2.05) is 30.3 Å². The summed E-state index contributed by atoms with van der Waals surface area (Å²) < 4.78 is 24.7. The van der Waals surface area contributed by atoms with Crippen LogP contribution in [0.3, 0.4) is 0 Å². The maximum atomic E-state index is 10.9. The van der Waals surface area contributed by atoms with Gasteiger partial charge in [-0.15, -0.1) is 6.58 Å². The number of aliphatic hydroxyl groups is 2. The van der Waals surface area contributed by atoms with Crippen LogP contribution in [0.5, 0.6) is 0 Å². The monoisotopic (exact) mass is 390 g/mol. The van der Waals surface area contributed by atoms with Crippen molar-refractivity contribution >= 4 is 0 Å². The molecular weight excluding hydrogens is 360 g/mol. The lowest BCUT2D eigenvalue weighted by molar-refractivity contribution is -0.372. The van der Waals surface area contributed by atoms with Crippen molar-refractivity contribution in [2.24, 2.45) is 0 Å². The van der Waals surface area contributed by atoms with Gasteiger partial charge in [-0.1, -0.05) is 42.8 Å². The molecule has 0 radical (unpaired) electrons. The second-order valence-corrected chi connectivity index (χ2v) is 8.05. The lowest BCUT2D eigenvalue weighted by atomic mass is 9.89. The van der Waals surface area contributed by atoms with E-state index >= 15 is 0 Å². The van der Waals surface area contributed by atoms with Gasteiger partial charge in [0.1, 0.15) is 30.0 Å². The van der Waals surface area contributed by atoms with E-state index in [1.54, 1.807) is 6.08 Å². The topological polar surface area (TPSA) is 77.4 Å². The quantitative estimate of drug-likeness (QED) is 0.726. The van der Waals surface area contributed by atoms with Gasteiger partial charge >= 0.3 is 0 Å². The van der Waals surface area contributed by atoms with E-state index in [0.717, 1.165) is 37.7 Å². The van der Waals surface area contributed by atoms with Crippen LogP contribution in [0, 0.1) is 0 Å². The summed E-state index contributed by atoms with van der Waals surface area (Å²) in [5, 5.41) is 21.7. The molecule has 3 fully saturated rings. The molecule has 154 valence electrons. The highest BCUT2D eigenvalue weighted by molar-refractivity contribution is 5.17. The Morgan fingerprint density at radius 3 is 2.61 bits per heavy atom. The number of rotatable bonds is 6. The van der Waals surface area contributed by atoms with Crippen LogP contribution in [0.4, 0.5) is 0 Å². The first-order valence-corrected chi connectivity index (χ1v) is 10.2. The number of aliphatic hydroxyl groups excluding tert-OH is 2. The Labute approximate surface area is 166 Å². The minimum atomic E-state index is -1.17. The molecule has 1 aromatic carbocycles. The zero-order valence-electron chi connectivity index (χ0n) is 16.2. The highest BCUT2D eigenvalue weighted by Crippen LogP contribution is 2.48. The van der Waals surface area contributed by atoms with Crippen molar-refractivity contribution in [1.82, 2.24) is 0 Å². The van der Waals surface area contributed by atoms with Gasteiger partial charge in [0.05, 0.1) is 19.8 Å². The van der Waals surface area contributed by atoms with E-state index in [0.29, 0.717) is 6.61 Å². The molecule has 2 N–H and O–H groups in total. The Kier molecular flexibility index (Phi) is 5.88. The fourth-order valence-corrected chi connectivity index (χ4v) is 4.67. The van der Waals surface area contributed by atoms with Crippen molar-refractivity contribution in [2.75, 3.05) is 13.2 Å². The standard InChI is InChI=1S/C22H30O6/c1-2-13-26-22-15-27-21(11-7-4-8-12-21)28-20(22)18(17(23)19(22)24)25-14-16-9-5-3-6-10-16/h2-3,5-6,9-10,17-20,23-24H,1,4,7-8,11-15H2. The molecule has 6 nitrogen and oxygen atoms in total. The number of hydrogen-bond acceptors (Lipinski definition) is 6. The summed E-state index contributed by atoms with van der Waals surface area (Å²) in [6.45, 7) is 4.41. The maximum absolute atomic E-state index is 10.9. The first kappa shape index (κ1) is 20.0. The van der Waals surface area contributed by atoms with Gasteiger partial charge in [-0.3, -0.25) is 0 Å². The SMILES string of the molecule is C=CCOC12COC3(CCCCC3)OC1C(OCc1ccccc1)C(O)C2O. The highest BCUT2D eigenvalue weighted by atomic mass is 16.7. The number of hydrogen-bond donors (Lipinski definition) is 2. The van der Waals surface area contributed by atoms with E-state index in [2.05, 4.69) is 6.58 Å². The third-order valence-electron chi connectivity index (χ3n) is 6.21. The molecule has 5 atom stereocenters. The minimum absolute atomic E-state index is 0.162. The molecule has 0 amide bonds. The van der Waals surface area contributed by atoms with Crippen molar-refractivity contribution in [2.45, 2.75) is 74.5 Å². The van der Waals surface area contributed by atoms with Crippen molar-refractivity contribution < 1.29 is 29.2 Å². The van der Waals surface area contributed by atoms with E-state index in [9.17, 15) is 10.2 Å². The number of benzene rings is 1. The molecular formula is C22H30O6. The summed E-state index contributed by atoms with van der Waals surface area (Å²) in [6, 6.07) is 9.76. The molecule has 5 unspecified atom stereocenters. The lowest BCUT2D eigenvalue weighted by Crippen LogP contribution is -2.64. The van der Waals surface area contributed by atoms with Gasteiger partial charge in [0.15, 0.2) is 5.79 Å². The summed E-state index contributed by atoms with van der Waals surface area (Å²) in [7, 11) is 0. The average Bonchev–Trinajstić information content (AvgIpc) is 2.93. The van der Waals surface area contributed by atoms with Crippen LogP contribution in [0.1, 0.15) is 37.7 Å².